The summed E-state index contributed by atoms with van der Waals surface area (Å²) in [5, 5.41) is 18.5. The number of aromatic nitrogens is 2. The van der Waals surface area contributed by atoms with Gasteiger partial charge in [0.15, 0.2) is 5.95 Å². The summed E-state index contributed by atoms with van der Waals surface area (Å²) in [4.78, 5) is 23.7. The van der Waals surface area contributed by atoms with Crippen LogP contribution < -0.4 is 20.8 Å². The van der Waals surface area contributed by atoms with Gasteiger partial charge in [-0.1, -0.05) is 29.8 Å². The van der Waals surface area contributed by atoms with Gasteiger partial charge >= 0.3 is 0 Å². The van der Waals surface area contributed by atoms with E-state index in [1.54, 1.807) is 30.3 Å². The Morgan fingerprint density at radius 3 is 2.63 bits per heavy atom. The number of para-hydroxylation sites is 1. The van der Waals surface area contributed by atoms with Crippen LogP contribution in [0.4, 0.5) is 5.69 Å². The first-order chi connectivity index (χ1) is 13.0. The van der Waals surface area contributed by atoms with E-state index in [4.69, 9.17) is 10.3 Å². The molecular weight excluding hydrogens is 368 g/mol. The number of rotatable bonds is 6. The molecule has 2 aromatic carbocycles. The Kier molecular flexibility index (Phi) is 5.41. The number of hydrogen-bond donors (Lipinski definition) is 2. The highest BCUT2D eigenvalue weighted by Crippen LogP contribution is 2.24. The van der Waals surface area contributed by atoms with Crippen LogP contribution >= 0.6 is 11.8 Å². The number of nitrogens with zero attached hydrogens (tertiary/aromatic N) is 2. The predicted octanol–water partition coefficient (Wildman–Crippen LogP) is 1.16. The number of carbonyl (C=O) groups is 2. The molecule has 0 spiro atoms. The van der Waals surface area contributed by atoms with Crippen LogP contribution in [0.3, 0.4) is 0 Å². The van der Waals surface area contributed by atoms with Crippen molar-refractivity contribution >= 4 is 29.3 Å². The van der Waals surface area contributed by atoms with E-state index in [0.717, 1.165) is 17.3 Å². The Bertz CT molecular complexity index is 985. The van der Waals surface area contributed by atoms with Crippen molar-refractivity contribution < 1.29 is 23.9 Å². The zero-order chi connectivity index (χ0) is 19.4. The van der Waals surface area contributed by atoms with E-state index in [2.05, 4.69) is 10.6 Å². The SMILES string of the molecule is Cc1ccc(-[n+]2noc([O-])c2SCC(=O)Nc2ccccc2C(N)=O)cc1. The van der Waals surface area contributed by atoms with Crippen LogP contribution in [-0.4, -0.2) is 22.8 Å². The normalized spacial score (nSPS) is 10.6. The van der Waals surface area contributed by atoms with Gasteiger partial charge in [-0.3, -0.25) is 9.59 Å². The fourth-order valence-corrected chi connectivity index (χ4v) is 3.09. The molecule has 3 rings (SSSR count). The molecule has 138 valence electrons. The van der Waals surface area contributed by atoms with E-state index < -0.39 is 17.8 Å². The van der Waals surface area contributed by atoms with Gasteiger partial charge in [0.25, 0.3) is 10.9 Å². The van der Waals surface area contributed by atoms with E-state index >= 15 is 0 Å². The summed E-state index contributed by atoms with van der Waals surface area (Å²) in [6, 6.07) is 13.8. The van der Waals surface area contributed by atoms with Gasteiger partial charge in [-0.2, -0.15) is 0 Å². The van der Waals surface area contributed by atoms with Gasteiger partial charge in [0, 0.05) is 12.1 Å². The van der Waals surface area contributed by atoms with E-state index in [9.17, 15) is 14.7 Å². The highest BCUT2D eigenvalue weighted by molar-refractivity contribution is 7.99. The molecule has 2 amide bonds. The zero-order valence-electron chi connectivity index (χ0n) is 14.3. The molecular formula is C18H16N4O4S. The van der Waals surface area contributed by atoms with Crippen LogP contribution in [0.1, 0.15) is 15.9 Å². The smallest absolute Gasteiger partial charge is 0.298 e. The molecule has 27 heavy (non-hydrogen) atoms. The molecule has 0 saturated heterocycles. The summed E-state index contributed by atoms with van der Waals surface area (Å²) in [5.74, 6) is -1.75. The maximum Gasteiger partial charge on any atom is 0.298 e. The van der Waals surface area contributed by atoms with E-state index in [1.807, 2.05) is 19.1 Å². The molecule has 3 aromatic rings. The van der Waals surface area contributed by atoms with Crippen LogP contribution in [0, 0.1) is 6.92 Å². The van der Waals surface area contributed by atoms with Crippen molar-refractivity contribution in [1.82, 2.24) is 5.27 Å². The molecule has 0 radical (unpaired) electrons. The maximum absolute atomic E-state index is 12.2. The van der Waals surface area contributed by atoms with Gasteiger partial charge in [-0.05, 0) is 35.5 Å². The number of hydrogen-bond acceptors (Lipinski definition) is 6. The van der Waals surface area contributed by atoms with Gasteiger partial charge in [0.1, 0.15) is 0 Å². The van der Waals surface area contributed by atoms with Crippen LogP contribution in [0.5, 0.6) is 5.95 Å². The van der Waals surface area contributed by atoms with Crippen molar-refractivity contribution in [2.45, 2.75) is 11.9 Å². The summed E-state index contributed by atoms with van der Waals surface area (Å²) >= 11 is 0.987. The molecule has 0 aliphatic rings. The molecule has 1 aromatic heterocycles. The molecule has 9 heteroatoms. The number of benzene rings is 2. The average molecular weight is 384 g/mol. The van der Waals surface area contributed by atoms with E-state index in [1.165, 1.54) is 10.7 Å². The van der Waals surface area contributed by atoms with Gasteiger partial charge < -0.3 is 20.7 Å². The molecule has 0 saturated carbocycles. The van der Waals surface area contributed by atoms with Crippen molar-refractivity contribution in [3.8, 4) is 11.6 Å². The number of nitrogens with one attached hydrogen (secondary N) is 1. The van der Waals surface area contributed by atoms with Crippen molar-refractivity contribution in [3.05, 3.63) is 59.7 Å². The predicted molar refractivity (Wildman–Crippen MR) is 96.5 cm³/mol. The Labute approximate surface area is 158 Å². The molecule has 0 bridgehead atoms. The zero-order valence-corrected chi connectivity index (χ0v) is 15.2. The van der Waals surface area contributed by atoms with Gasteiger partial charge in [-0.15, -0.1) is 0 Å². The van der Waals surface area contributed by atoms with Gasteiger partial charge in [0.05, 0.1) is 22.3 Å². The largest absolute Gasteiger partial charge is 0.538 e. The first kappa shape index (κ1) is 18.5. The highest BCUT2D eigenvalue weighted by atomic mass is 32.2. The van der Waals surface area contributed by atoms with Crippen molar-refractivity contribution in [3.63, 3.8) is 0 Å². The third kappa shape index (κ3) is 4.26. The summed E-state index contributed by atoms with van der Waals surface area (Å²) in [6.45, 7) is 1.94. The highest BCUT2D eigenvalue weighted by Gasteiger charge is 2.22. The number of thioether (sulfide) groups is 1. The third-order valence-electron chi connectivity index (χ3n) is 3.66. The lowest BCUT2D eigenvalue weighted by molar-refractivity contribution is -0.705. The molecule has 0 unspecified atom stereocenters. The Morgan fingerprint density at radius 1 is 1.22 bits per heavy atom. The minimum Gasteiger partial charge on any atom is -0.538 e. The van der Waals surface area contributed by atoms with Crippen LogP contribution in [-0.2, 0) is 4.79 Å². The lowest BCUT2D eigenvalue weighted by Gasteiger charge is -2.08. The fraction of sp³-hybridized carbons (Fsp3) is 0.111. The van der Waals surface area contributed by atoms with Crippen molar-refractivity contribution in [2.75, 3.05) is 11.1 Å². The number of amides is 2. The Balaban J connectivity index is 1.72. The number of primary amides is 1. The Morgan fingerprint density at radius 2 is 1.93 bits per heavy atom. The molecule has 8 nitrogen and oxygen atoms in total. The van der Waals surface area contributed by atoms with Gasteiger partial charge in [0.2, 0.25) is 11.6 Å². The molecule has 0 fully saturated rings. The summed E-state index contributed by atoms with van der Waals surface area (Å²) in [7, 11) is 0. The number of carbonyl (C=O) groups excluding carboxylic acids is 2. The van der Waals surface area contributed by atoms with Crippen molar-refractivity contribution in [1.29, 1.82) is 0 Å². The molecule has 0 atom stereocenters. The third-order valence-corrected chi connectivity index (χ3v) is 4.68. The minimum absolute atomic E-state index is 0.0740. The maximum atomic E-state index is 12.2. The van der Waals surface area contributed by atoms with Crippen molar-refractivity contribution in [2.24, 2.45) is 5.73 Å². The van der Waals surface area contributed by atoms with Gasteiger partial charge in [-0.25, -0.2) is 0 Å². The Hall–Kier alpha value is -3.33. The summed E-state index contributed by atoms with van der Waals surface area (Å²) in [6.07, 6.45) is 0. The van der Waals surface area contributed by atoms with Crippen LogP contribution in [0.15, 0.2) is 58.1 Å². The first-order valence-electron chi connectivity index (χ1n) is 7.93. The summed E-state index contributed by atoms with van der Waals surface area (Å²) in [5.41, 5.74) is 7.53. The average Bonchev–Trinajstić information content (AvgIpc) is 3.01. The number of nitrogens with two attached hydrogens (primary N) is 1. The fourth-order valence-electron chi connectivity index (χ4n) is 2.34. The standard InChI is InChI=1S/C18H16N4O4S/c1-11-6-8-12(9-7-11)22-17(18(25)26-21-22)27-10-15(23)20-14-5-3-2-4-13(14)16(19)24/h2-9H,10H2,1H3,(H3-,19,20,21,23,24,25). The van der Waals surface area contributed by atoms with Crippen LogP contribution in [0.25, 0.3) is 5.69 Å². The molecule has 0 aliphatic carbocycles. The monoisotopic (exact) mass is 384 g/mol. The first-order valence-corrected chi connectivity index (χ1v) is 8.92. The van der Waals surface area contributed by atoms with Crippen LogP contribution in [0.2, 0.25) is 0 Å². The molecule has 3 N–H and O–H groups in total. The topological polar surface area (TPSA) is 125 Å². The molecule has 0 aliphatic heterocycles. The lowest BCUT2D eigenvalue weighted by Crippen LogP contribution is -2.35. The lowest BCUT2D eigenvalue weighted by atomic mass is 10.1. The second-order valence-electron chi connectivity index (χ2n) is 5.66. The number of anilines is 1. The van der Waals surface area contributed by atoms with E-state index in [-0.39, 0.29) is 16.3 Å². The molecule has 1 heterocycles. The summed E-state index contributed by atoms with van der Waals surface area (Å²) < 4.78 is 6.07. The second kappa shape index (κ2) is 7.92. The second-order valence-corrected chi connectivity index (χ2v) is 6.62. The quantitative estimate of drug-likeness (QED) is 0.485. The van der Waals surface area contributed by atoms with E-state index in [0.29, 0.717) is 11.4 Å². The minimum atomic E-state index is -0.642. The number of aryl methyl sites for hydroxylation is 1.